The van der Waals surface area contributed by atoms with Crippen LogP contribution in [0.15, 0.2) is 58.4 Å². The Morgan fingerprint density at radius 3 is 2.81 bits per heavy atom. The molecule has 136 valence electrons. The monoisotopic (exact) mass is 371 g/mol. The minimum Gasteiger partial charge on any atom is -0.495 e. The molecule has 0 amide bonds. The third kappa shape index (κ3) is 3.03. The fraction of sp³-hybridized carbons (Fsp3) is 0.316. The van der Waals surface area contributed by atoms with Gasteiger partial charge in [-0.1, -0.05) is 24.3 Å². The maximum absolute atomic E-state index is 12.2. The van der Waals surface area contributed by atoms with Crippen LogP contribution in [0, 0.1) is 5.92 Å². The first-order chi connectivity index (χ1) is 12.6. The molecule has 0 unspecified atom stereocenters. The lowest BCUT2D eigenvalue weighted by Crippen LogP contribution is -2.24. The summed E-state index contributed by atoms with van der Waals surface area (Å²) in [5, 5.41) is 0. The van der Waals surface area contributed by atoms with E-state index in [-0.39, 0.29) is 0 Å². The molecule has 2 aliphatic heterocycles. The van der Waals surface area contributed by atoms with E-state index in [4.69, 9.17) is 4.74 Å². The molecule has 2 heterocycles. The highest BCUT2D eigenvalue weighted by atomic mass is 32.2. The zero-order chi connectivity index (χ0) is 18.1. The normalized spacial score (nSPS) is 22.3. The summed E-state index contributed by atoms with van der Waals surface area (Å²) < 4.78 is 32.3. The van der Waals surface area contributed by atoms with Gasteiger partial charge < -0.3 is 9.64 Å². The SMILES string of the molecule is COc1ccccc1N1CC[C@H](CN=C2NS(=O)(=O)c3ccccc32)C1. The van der Waals surface area contributed by atoms with Gasteiger partial charge in [-0.15, -0.1) is 0 Å². The summed E-state index contributed by atoms with van der Waals surface area (Å²) in [6.45, 7) is 2.42. The van der Waals surface area contributed by atoms with Crippen LogP contribution in [-0.4, -0.2) is 41.0 Å². The van der Waals surface area contributed by atoms with Gasteiger partial charge in [0.25, 0.3) is 10.0 Å². The van der Waals surface area contributed by atoms with Crippen LogP contribution in [0.2, 0.25) is 0 Å². The number of anilines is 1. The van der Waals surface area contributed by atoms with Gasteiger partial charge in [-0.3, -0.25) is 9.71 Å². The van der Waals surface area contributed by atoms with E-state index in [9.17, 15) is 8.42 Å². The first-order valence-electron chi connectivity index (χ1n) is 8.63. The Balaban J connectivity index is 1.48. The van der Waals surface area contributed by atoms with Crippen molar-refractivity contribution >= 4 is 21.5 Å². The van der Waals surface area contributed by atoms with E-state index in [0.29, 0.717) is 28.8 Å². The molecule has 26 heavy (non-hydrogen) atoms. The van der Waals surface area contributed by atoms with Gasteiger partial charge >= 0.3 is 0 Å². The van der Waals surface area contributed by atoms with Crippen molar-refractivity contribution in [1.82, 2.24) is 4.72 Å². The maximum Gasteiger partial charge on any atom is 0.263 e. The average molecular weight is 371 g/mol. The average Bonchev–Trinajstić information content (AvgIpc) is 3.23. The maximum atomic E-state index is 12.2. The van der Waals surface area contributed by atoms with E-state index in [0.717, 1.165) is 30.9 Å². The highest BCUT2D eigenvalue weighted by molar-refractivity contribution is 7.90. The molecule has 2 aromatic carbocycles. The fourth-order valence-corrected chi connectivity index (χ4v) is 4.81. The number of rotatable bonds is 4. The molecule has 6 nitrogen and oxygen atoms in total. The Kier molecular flexibility index (Phi) is 4.32. The second-order valence-corrected chi connectivity index (χ2v) is 8.21. The number of hydrogen-bond acceptors (Lipinski definition) is 5. The number of para-hydroxylation sites is 2. The first kappa shape index (κ1) is 16.9. The van der Waals surface area contributed by atoms with Gasteiger partial charge in [-0.05, 0) is 36.6 Å². The predicted octanol–water partition coefficient (Wildman–Crippen LogP) is 2.26. The standard InChI is InChI=1S/C19H21N3O3S/c1-25-17-8-4-3-7-16(17)22-11-10-14(13-22)12-20-19-15-6-2-5-9-18(15)26(23,24)21-19/h2-9,14H,10-13H2,1H3,(H,20,21)/t14-/m1/s1. The van der Waals surface area contributed by atoms with Crippen LogP contribution < -0.4 is 14.4 Å². The van der Waals surface area contributed by atoms with Gasteiger partial charge in [0.05, 0.1) is 17.7 Å². The number of aliphatic imine (C=N–C) groups is 1. The summed E-state index contributed by atoms with van der Waals surface area (Å²) >= 11 is 0. The van der Waals surface area contributed by atoms with Crippen molar-refractivity contribution in [3.05, 3.63) is 54.1 Å². The molecule has 1 atom stereocenters. The van der Waals surface area contributed by atoms with Gasteiger partial charge in [-0.2, -0.15) is 0 Å². The lowest BCUT2D eigenvalue weighted by Gasteiger charge is -2.21. The molecule has 0 aliphatic carbocycles. The van der Waals surface area contributed by atoms with E-state index in [1.165, 1.54) is 0 Å². The van der Waals surface area contributed by atoms with E-state index in [1.54, 1.807) is 25.3 Å². The summed E-state index contributed by atoms with van der Waals surface area (Å²) in [5.41, 5.74) is 1.75. The summed E-state index contributed by atoms with van der Waals surface area (Å²) in [6.07, 6.45) is 1.02. The smallest absolute Gasteiger partial charge is 0.263 e. The summed E-state index contributed by atoms with van der Waals surface area (Å²) in [6, 6.07) is 15.0. The largest absolute Gasteiger partial charge is 0.495 e. The molecule has 0 spiro atoms. The second kappa shape index (κ2) is 6.64. The topological polar surface area (TPSA) is 71.0 Å². The molecule has 0 bridgehead atoms. The predicted molar refractivity (Wildman–Crippen MR) is 101 cm³/mol. The lowest BCUT2D eigenvalue weighted by molar-refractivity contribution is 0.414. The molecule has 1 saturated heterocycles. The molecule has 1 N–H and O–H groups in total. The summed E-state index contributed by atoms with van der Waals surface area (Å²) in [4.78, 5) is 7.19. The first-order valence-corrected chi connectivity index (χ1v) is 10.1. The van der Waals surface area contributed by atoms with E-state index in [2.05, 4.69) is 20.7 Å². The molecule has 7 heteroatoms. The van der Waals surface area contributed by atoms with E-state index >= 15 is 0 Å². The van der Waals surface area contributed by atoms with E-state index < -0.39 is 10.0 Å². The molecule has 4 rings (SSSR count). The van der Waals surface area contributed by atoms with Crippen LogP contribution in [0.1, 0.15) is 12.0 Å². The van der Waals surface area contributed by atoms with Crippen LogP contribution >= 0.6 is 0 Å². The second-order valence-electron chi connectivity index (χ2n) is 6.56. The number of amidine groups is 1. The zero-order valence-corrected chi connectivity index (χ0v) is 15.4. The fourth-order valence-electron chi connectivity index (χ4n) is 3.56. The summed E-state index contributed by atoms with van der Waals surface area (Å²) in [5.74, 6) is 1.71. The molecule has 0 saturated carbocycles. The highest BCUT2D eigenvalue weighted by Crippen LogP contribution is 2.32. The van der Waals surface area contributed by atoms with E-state index in [1.807, 2.05) is 24.3 Å². The van der Waals surface area contributed by atoms with Gasteiger partial charge in [-0.25, -0.2) is 8.42 Å². The number of hydrogen-bond donors (Lipinski definition) is 1. The van der Waals surface area contributed by atoms with Gasteiger partial charge in [0.2, 0.25) is 0 Å². The third-order valence-electron chi connectivity index (χ3n) is 4.88. The van der Waals surface area contributed by atoms with Crippen molar-refractivity contribution in [1.29, 1.82) is 0 Å². The Bertz CT molecular complexity index is 956. The van der Waals surface area contributed by atoms with Crippen LogP contribution in [0.3, 0.4) is 0 Å². The van der Waals surface area contributed by atoms with Crippen molar-refractivity contribution in [2.45, 2.75) is 11.3 Å². The van der Waals surface area contributed by atoms with Crippen LogP contribution in [0.5, 0.6) is 5.75 Å². The van der Waals surface area contributed by atoms with Crippen LogP contribution in [0.4, 0.5) is 5.69 Å². The van der Waals surface area contributed by atoms with Crippen molar-refractivity contribution in [3.63, 3.8) is 0 Å². The molecule has 0 aromatic heterocycles. The Morgan fingerprint density at radius 2 is 1.96 bits per heavy atom. The van der Waals surface area contributed by atoms with Crippen molar-refractivity contribution in [3.8, 4) is 5.75 Å². The molecule has 2 aromatic rings. The summed E-state index contributed by atoms with van der Waals surface area (Å²) in [7, 11) is -1.79. The van der Waals surface area contributed by atoms with Crippen molar-refractivity contribution in [2.24, 2.45) is 10.9 Å². The van der Waals surface area contributed by atoms with Crippen LogP contribution in [0.25, 0.3) is 0 Å². The van der Waals surface area contributed by atoms with Gasteiger partial charge in [0.15, 0.2) is 0 Å². The number of methoxy groups -OCH3 is 1. The van der Waals surface area contributed by atoms with Crippen molar-refractivity contribution < 1.29 is 13.2 Å². The third-order valence-corrected chi connectivity index (χ3v) is 6.28. The Hall–Kier alpha value is -2.54. The number of nitrogens with zero attached hydrogens (tertiary/aromatic N) is 2. The highest BCUT2D eigenvalue weighted by Gasteiger charge is 2.31. The number of benzene rings is 2. The number of nitrogens with one attached hydrogen (secondary N) is 1. The number of ether oxygens (including phenoxy) is 1. The van der Waals surface area contributed by atoms with Crippen LogP contribution in [-0.2, 0) is 10.0 Å². The molecule has 1 fully saturated rings. The number of fused-ring (bicyclic) bond motifs is 1. The zero-order valence-electron chi connectivity index (χ0n) is 14.6. The van der Waals surface area contributed by atoms with Gasteiger partial charge in [0, 0.05) is 25.2 Å². The molecular formula is C19H21N3O3S. The van der Waals surface area contributed by atoms with Gasteiger partial charge in [0.1, 0.15) is 11.6 Å². The minimum atomic E-state index is -3.47. The molecular weight excluding hydrogens is 350 g/mol. The Labute approximate surface area is 153 Å². The Morgan fingerprint density at radius 1 is 1.19 bits per heavy atom. The minimum absolute atomic E-state index is 0.306. The van der Waals surface area contributed by atoms with Crippen molar-refractivity contribution in [2.75, 3.05) is 31.6 Å². The lowest BCUT2D eigenvalue weighted by atomic mass is 10.1. The quantitative estimate of drug-likeness (QED) is 0.895. The number of sulfonamides is 1. The molecule has 2 aliphatic rings. The molecule has 0 radical (unpaired) electrons.